The zero-order chi connectivity index (χ0) is 13.5. The third-order valence-corrected chi connectivity index (χ3v) is 4.71. The number of sulfone groups is 1. The van der Waals surface area contributed by atoms with Crippen molar-refractivity contribution in [2.24, 2.45) is 0 Å². The summed E-state index contributed by atoms with van der Waals surface area (Å²) in [4.78, 5) is 4.31. The van der Waals surface area contributed by atoms with Crippen molar-refractivity contribution in [2.75, 3.05) is 0 Å². The van der Waals surface area contributed by atoms with E-state index in [0.29, 0.717) is 5.52 Å². The van der Waals surface area contributed by atoms with E-state index in [0.717, 1.165) is 5.56 Å². The lowest BCUT2D eigenvalue weighted by atomic mass is 10.2. The molecule has 0 saturated heterocycles. The molecule has 0 bridgehead atoms. The van der Waals surface area contributed by atoms with Crippen molar-refractivity contribution in [3.63, 3.8) is 0 Å². The minimum absolute atomic E-state index is 0.0944. The summed E-state index contributed by atoms with van der Waals surface area (Å²) in [5.74, 6) is 0. The highest BCUT2D eigenvalue weighted by Gasteiger charge is 2.22. The van der Waals surface area contributed by atoms with Crippen LogP contribution in [0.4, 0.5) is 0 Å². The van der Waals surface area contributed by atoms with Gasteiger partial charge in [-0.1, -0.05) is 23.8 Å². The zero-order valence-corrected chi connectivity index (χ0v) is 11.1. The van der Waals surface area contributed by atoms with Gasteiger partial charge in [-0.25, -0.2) is 13.4 Å². The molecular formula is C14H12N2O2S. The van der Waals surface area contributed by atoms with Crippen LogP contribution in [0.2, 0.25) is 0 Å². The van der Waals surface area contributed by atoms with Crippen molar-refractivity contribution in [2.45, 2.75) is 16.8 Å². The molecule has 0 fully saturated rings. The average molecular weight is 272 g/mol. The predicted molar refractivity (Wildman–Crippen MR) is 71.8 cm³/mol. The Bertz CT molecular complexity index is 833. The molecule has 19 heavy (non-hydrogen) atoms. The quantitative estimate of drug-likeness (QED) is 0.720. The fraction of sp³-hybridized carbons (Fsp3) is 0.0714. The summed E-state index contributed by atoms with van der Waals surface area (Å²) < 4.78 is 26.8. The Morgan fingerprint density at radius 1 is 1.05 bits per heavy atom. The SMILES string of the molecule is Cc1ccc(S(=O)(=O)c2ncn3ccccc23)cc1. The molecule has 0 saturated carbocycles. The van der Waals surface area contributed by atoms with Crippen molar-refractivity contribution in [1.82, 2.24) is 9.38 Å². The van der Waals surface area contributed by atoms with Crippen molar-refractivity contribution in [3.05, 3.63) is 60.6 Å². The summed E-state index contributed by atoms with van der Waals surface area (Å²) in [5.41, 5.74) is 1.61. The Labute approximate surface area is 111 Å². The number of fused-ring (bicyclic) bond motifs is 1. The van der Waals surface area contributed by atoms with Crippen molar-refractivity contribution < 1.29 is 8.42 Å². The maximum Gasteiger partial charge on any atom is 0.226 e. The van der Waals surface area contributed by atoms with Crippen LogP contribution < -0.4 is 0 Å². The number of pyridine rings is 1. The minimum Gasteiger partial charge on any atom is -0.305 e. The van der Waals surface area contributed by atoms with Crippen LogP contribution in [0.3, 0.4) is 0 Å². The van der Waals surface area contributed by atoms with Gasteiger partial charge in [-0.15, -0.1) is 0 Å². The first kappa shape index (κ1) is 11.9. The van der Waals surface area contributed by atoms with Crippen LogP contribution in [0.5, 0.6) is 0 Å². The number of rotatable bonds is 2. The largest absolute Gasteiger partial charge is 0.305 e. The molecule has 4 nitrogen and oxygen atoms in total. The van der Waals surface area contributed by atoms with Crippen LogP contribution in [-0.2, 0) is 9.84 Å². The van der Waals surface area contributed by atoms with Crippen LogP contribution in [0.25, 0.3) is 5.52 Å². The number of aryl methyl sites for hydroxylation is 1. The molecule has 0 unspecified atom stereocenters. The Balaban J connectivity index is 2.22. The fourth-order valence-electron chi connectivity index (χ4n) is 1.95. The van der Waals surface area contributed by atoms with E-state index in [2.05, 4.69) is 4.98 Å². The normalized spacial score (nSPS) is 11.8. The van der Waals surface area contributed by atoms with Gasteiger partial charge in [0, 0.05) is 6.20 Å². The Morgan fingerprint density at radius 3 is 2.53 bits per heavy atom. The standard InChI is InChI=1S/C14H12N2O2S/c1-11-5-7-12(8-6-11)19(17,18)14-13-4-2-3-9-16(13)10-15-14/h2-10H,1H3. The summed E-state index contributed by atoms with van der Waals surface area (Å²) in [6, 6.07) is 12.2. The number of nitrogens with zero attached hydrogens (tertiary/aromatic N) is 2. The lowest BCUT2D eigenvalue weighted by Crippen LogP contribution is -2.03. The van der Waals surface area contributed by atoms with Gasteiger partial charge in [-0.2, -0.15) is 0 Å². The molecule has 0 spiro atoms. The van der Waals surface area contributed by atoms with Crippen LogP contribution >= 0.6 is 0 Å². The maximum atomic E-state index is 12.5. The highest BCUT2D eigenvalue weighted by Crippen LogP contribution is 2.23. The molecule has 3 rings (SSSR count). The monoisotopic (exact) mass is 272 g/mol. The summed E-state index contributed by atoms with van der Waals surface area (Å²) >= 11 is 0. The third-order valence-electron chi connectivity index (χ3n) is 2.99. The highest BCUT2D eigenvalue weighted by atomic mass is 32.2. The number of aromatic nitrogens is 2. The van der Waals surface area contributed by atoms with Gasteiger partial charge in [0.05, 0.1) is 10.4 Å². The summed E-state index contributed by atoms with van der Waals surface area (Å²) in [6.45, 7) is 1.92. The van der Waals surface area contributed by atoms with Crippen LogP contribution in [-0.4, -0.2) is 17.8 Å². The summed E-state index contributed by atoms with van der Waals surface area (Å²) in [7, 11) is -3.57. The first-order valence-electron chi connectivity index (χ1n) is 5.82. The van der Waals surface area contributed by atoms with E-state index in [1.807, 2.05) is 13.0 Å². The van der Waals surface area contributed by atoms with E-state index in [-0.39, 0.29) is 9.92 Å². The van der Waals surface area contributed by atoms with Crippen LogP contribution in [0.1, 0.15) is 5.56 Å². The molecule has 0 aliphatic carbocycles. The van der Waals surface area contributed by atoms with E-state index >= 15 is 0 Å². The summed E-state index contributed by atoms with van der Waals surface area (Å²) in [6.07, 6.45) is 3.28. The van der Waals surface area contributed by atoms with Gasteiger partial charge in [0.25, 0.3) is 0 Å². The molecule has 0 N–H and O–H groups in total. The van der Waals surface area contributed by atoms with Crippen molar-refractivity contribution in [1.29, 1.82) is 0 Å². The minimum atomic E-state index is -3.57. The van der Waals surface area contributed by atoms with Gasteiger partial charge < -0.3 is 4.40 Å². The molecule has 0 radical (unpaired) electrons. The molecule has 0 amide bonds. The fourth-order valence-corrected chi connectivity index (χ4v) is 3.31. The highest BCUT2D eigenvalue weighted by molar-refractivity contribution is 7.91. The molecule has 0 atom stereocenters. The molecule has 2 aromatic heterocycles. The average Bonchev–Trinajstić information content (AvgIpc) is 2.83. The van der Waals surface area contributed by atoms with E-state index < -0.39 is 9.84 Å². The molecule has 96 valence electrons. The number of benzene rings is 1. The third kappa shape index (κ3) is 1.92. The lowest BCUT2D eigenvalue weighted by Gasteiger charge is -2.02. The van der Waals surface area contributed by atoms with E-state index in [1.54, 1.807) is 47.0 Å². The first-order valence-corrected chi connectivity index (χ1v) is 7.31. The summed E-state index contributed by atoms with van der Waals surface area (Å²) in [5, 5.41) is 0.0944. The van der Waals surface area contributed by atoms with Gasteiger partial charge in [0.1, 0.15) is 6.33 Å². The topological polar surface area (TPSA) is 51.4 Å². The molecule has 3 aromatic rings. The van der Waals surface area contributed by atoms with Crippen molar-refractivity contribution >= 4 is 15.4 Å². The van der Waals surface area contributed by atoms with Gasteiger partial charge in [0.2, 0.25) is 9.84 Å². The maximum absolute atomic E-state index is 12.5. The number of imidazole rings is 1. The van der Waals surface area contributed by atoms with E-state index in [9.17, 15) is 8.42 Å². The molecule has 5 heteroatoms. The second-order valence-electron chi connectivity index (χ2n) is 4.36. The van der Waals surface area contributed by atoms with Gasteiger partial charge in [0.15, 0.2) is 5.03 Å². The van der Waals surface area contributed by atoms with E-state index in [4.69, 9.17) is 0 Å². The predicted octanol–water partition coefficient (Wildman–Crippen LogP) is 2.48. The molecular weight excluding hydrogens is 260 g/mol. The van der Waals surface area contributed by atoms with Crippen molar-refractivity contribution in [3.8, 4) is 0 Å². The molecule has 2 heterocycles. The lowest BCUT2D eigenvalue weighted by molar-refractivity contribution is 0.594. The Morgan fingerprint density at radius 2 is 1.79 bits per heavy atom. The zero-order valence-electron chi connectivity index (χ0n) is 10.3. The molecule has 1 aromatic carbocycles. The second-order valence-corrected chi connectivity index (χ2v) is 6.22. The first-order chi connectivity index (χ1) is 9.09. The smallest absolute Gasteiger partial charge is 0.226 e. The van der Waals surface area contributed by atoms with Gasteiger partial charge in [-0.05, 0) is 31.2 Å². The number of hydrogen-bond acceptors (Lipinski definition) is 3. The molecule has 0 aliphatic heterocycles. The second kappa shape index (κ2) is 4.20. The molecule has 0 aliphatic rings. The Kier molecular flexibility index (Phi) is 2.64. The van der Waals surface area contributed by atoms with Gasteiger partial charge >= 0.3 is 0 Å². The number of hydrogen-bond donors (Lipinski definition) is 0. The Hall–Kier alpha value is -2.14. The van der Waals surface area contributed by atoms with E-state index in [1.165, 1.54) is 6.33 Å². The van der Waals surface area contributed by atoms with Crippen LogP contribution in [0, 0.1) is 6.92 Å². The van der Waals surface area contributed by atoms with Gasteiger partial charge in [-0.3, -0.25) is 0 Å². The van der Waals surface area contributed by atoms with Crippen LogP contribution in [0.15, 0.2) is 64.9 Å².